The molecule has 1 aliphatic rings. The minimum Gasteiger partial charge on any atom is -0.390 e. The smallest absolute Gasteiger partial charge is 0.318 e. The normalized spacial score (nSPS) is 16.1. The maximum Gasteiger partial charge on any atom is 0.318 e. The molecule has 0 spiro atoms. The van der Waals surface area contributed by atoms with E-state index in [0.29, 0.717) is 17.7 Å². The molecule has 160 valence electrons. The maximum atomic E-state index is 14.2. The Bertz CT molecular complexity index is 957. The molecule has 0 saturated carbocycles. The Morgan fingerprint density at radius 1 is 1.17 bits per heavy atom. The second-order valence-corrected chi connectivity index (χ2v) is 8.28. The molecule has 2 aromatic carbocycles. The van der Waals surface area contributed by atoms with Crippen LogP contribution in [0.2, 0.25) is 0 Å². The zero-order chi connectivity index (χ0) is 21.9. The molecular formula is C22H24F3N3O2. The van der Waals surface area contributed by atoms with Crippen LogP contribution in [0, 0.1) is 17.5 Å². The zero-order valence-electron chi connectivity index (χ0n) is 17.1. The van der Waals surface area contributed by atoms with Crippen LogP contribution >= 0.6 is 0 Å². The van der Waals surface area contributed by atoms with Crippen LogP contribution < -0.4 is 5.32 Å². The molecule has 8 heteroatoms. The van der Waals surface area contributed by atoms with Gasteiger partial charge in [-0.3, -0.25) is 0 Å². The van der Waals surface area contributed by atoms with Crippen LogP contribution in [0.25, 0.3) is 0 Å². The number of benzene rings is 2. The van der Waals surface area contributed by atoms with E-state index in [1.54, 1.807) is 12.1 Å². The number of nitrogens with zero attached hydrogens (tertiary/aromatic N) is 2. The van der Waals surface area contributed by atoms with Crippen molar-refractivity contribution in [2.45, 2.75) is 45.4 Å². The molecule has 0 aliphatic carbocycles. The number of urea groups is 1. The van der Waals surface area contributed by atoms with Crippen molar-refractivity contribution in [3.8, 4) is 0 Å². The van der Waals surface area contributed by atoms with Gasteiger partial charge >= 0.3 is 6.03 Å². The molecule has 2 amide bonds. The summed E-state index contributed by atoms with van der Waals surface area (Å²) in [6.45, 7) is 5.56. The summed E-state index contributed by atoms with van der Waals surface area (Å²) in [4.78, 5) is 19.6. The number of hydrogen-bond donors (Lipinski definition) is 1. The van der Waals surface area contributed by atoms with Crippen molar-refractivity contribution in [3.63, 3.8) is 0 Å². The van der Waals surface area contributed by atoms with Crippen molar-refractivity contribution in [2.24, 2.45) is 5.16 Å². The van der Waals surface area contributed by atoms with Gasteiger partial charge in [-0.05, 0) is 39.0 Å². The molecule has 0 unspecified atom stereocenters. The average molecular weight is 419 g/mol. The third-order valence-electron chi connectivity index (χ3n) is 4.46. The Labute approximate surface area is 173 Å². The molecule has 1 aliphatic heterocycles. The summed E-state index contributed by atoms with van der Waals surface area (Å²) in [5, 5.41) is 6.86. The van der Waals surface area contributed by atoms with Gasteiger partial charge in [0.15, 0.2) is 6.10 Å². The van der Waals surface area contributed by atoms with Crippen LogP contribution in [0.4, 0.5) is 18.0 Å². The van der Waals surface area contributed by atoms with Crippen LogP contribution in [0.1, 0.15) is 38.3 Å². The second kappa shape index (κ2) is 8.77. The highest BCUT2D eigenvalue weighted by Crippen LogP contribution is 2.20. The fourth-order valence-corrected chi connectivity index (χ4v) is 3.09. The molecular weight excluding hydrogens is 395 g/mol. The zero-order valence-corrected chi connectivity index (χ0v) is 17.1. The lowest BCUT2D eigenvalue weighted by Crippen LogP contribution is -2.50. The van der Waals surface area contributed by atoms with E-state index < -0.39 is 29.3 Å². The highest BCUT2D eigenvalue weighted by atomic mass is 19.1. The molecule has 0 bridgehead atoms. The minimum absolute atomic E-state index is 0.0663. The van der Waals surface area contributed by atoms with E-state index in [4.69, 9.17) is 4.84 Å². The molecule has 2 aromatic rings. The van der Waals surface area contributed by atoms with Crippen molar-refractivity contribution in [1.29, 1.82) is 0 Å². The summed E-state index contributed by atoms with van der Waals surface area (Å²) in [6.07, 6.45) is -0.105. The molecule has 0 fully saturated rings. The second-order valence-electron chi connectivity index (χ2n) is 8.28. The van der Waals surface area contributed by atoms with Crippen molar-refractivity contribution in [1.82, 2.24) is 10.2 Å². The average Bonchev–Trinajstić information content (AvgIpc) is 3.10. The van der Waals surface area contributed by atoms with Crippen molar-refractivity contribution in [3.05, 3.63) is 71.0 Å². The van der Waals surface area contributed by atoms with Gasteiger partial charge in [0.1, 0.15) is 17.5 Å². The summed E-state index contributed by atoms with van der Waals surface area (Å²) in [6, 6.07) is 8.85. The fraction of sp³-hybridized carbons (Fsp3) is 0.364. The predicted molar refractivity (Wildman–Crippen MR) is 107 cm³/mol. The van der Waals surface area contributed by atoms with E-state index in [1.165, 1.54) is 23.1 Å². The Hall–Kier alpha value is -3.03. The van der Waals surface area contributed by atoms with Crippen molar-refractivity contribution < 1.29 is 22.8 Å². The first-order valence-electron chi connectivity index (χ1n) is 9.60. The van der Waals surface area contributed by atoms with Gasteiger partial charge < -0.3 is 15.1 Å². The van der Waals surface area contributed by atoms with Gasteiger partial charge in [-0.25, -0.2) is 18.0 Å². The third-order valence-corrected chi connectivity index (χ3v) is 4.46. The van der Waals surface area contributed by atoms with E-state index in [1.807, 2.05) is 20.8 Å². The first-order valence-corrected chi connectivity index (χ1v) is 9.60. The lowest BCUT2D eigenvalue weighted by atomic mass is 10.0. The first kappa shape index (κ1) is 21.7. The van der Waals surface area contributed by atoms with E-state index >= 15 is 0 Å². The molecule has 5 nitrogen and oxygen atoms in total. The monoisotopic (exact) mass is 419 g/mol. The highest BCUT2D eigenvalue weighted by molar-refractivity contribution is 6.01. The molecule has 1 heterocycles. The Kier molecular flexibility index (Phi) is 6.34. The predicted octanol–water partition coefficient (Wildman–Crippen LogP) is 4.61. The van der Waals surface area contributed by atoms with Crippen LogP contribution in [0.15, 0.2) is 47.6 Å². The van der Waals surface area contributed by atoms with Gasteiger partial charge in [-0.2, -0.15) is 0 Å². The van der Waals surface area contributed by atoms with Crippen LogP contribution in [-0.4, -0.2) is 34.8 Å². The number of rotatable bonds is 5. The number of carbonyl (C=O) groups is 1. The largest absolute Gasteiger partial charge is 0.390 e. The van der Waals surface area contributed by atoms with Crippen LogP contribution in [-0.2, 0) is 11.4 Å². The number of carbonyl (C=O) groups excluding carboxylic acids is 1. The summed E-state index contributed by atoms with van der Waals surface area (Å²) >= 11 is 0. The van der Waals surface area contributed by atoms with Gasteiger partial charge in [0.05, 0.1) is 18.8 Å². The standard InChI is InChI=1S/C22H24F3N3O2/c1-22(2,3)26-21(29)28(12-15-7-8-17(24)10-19(15)25)13-18-11-20(27-30-18)14-5-4-6-16(23)9-14/h4-10,18H,11-13H2,1-3H3,(H,26,29)/t18-/m0/s1. The maximum absolute atomic E-state index is 14.2. The van der Waals surface area contributed by atoms with Gasteiger partial charge in [-0.1, -0.05) is 23.4 Å². The molecule has 0 radical (unpaired) electrons. The van der Waals surface area contributed by atoms with Crippen molar-refractivity contribution in [2.75, 3.05) is 6.54 Å². The lowest BCUT2D eigenvalue weighted by Gasteiger charge is -2.29. The van der Waals surface area contributed by atoms with Gasteiger partial charge in [-0.15, -0.1) is 0 Å². The number of hydrogen-bond acceptors (Lipinski definition) is 3. The topological polar surface area (TPSA) is 53.9 Å². The fourth-order valence-electron chi connectivity index (χ4n) is 3.09. The van der Waals surface area contributed by atoms with Gasteiger partial charge in [0.2, 0.25) is 0 Å². The molecule has 1 N–H and O–H groups in total. The third kappa shape index (κ3) is 5.75. The summed E-state index contributed by atoms with van der Waals surface area (Å²) in [5.41, 5.74) is 0.859. The van der Waals surface area contributed by atoms with E-state index in [2.05, 4.69) is 10.5 Å². The first-order chi connectivity index (χ1) is 14.1. The van der Waals surface area contributed by atoms with E-state index in [-0.39, 0.29) is 24.5 Å². The number of oxime groups is 1. The van der Waals surface area contributed by atoms with Crippen LogP contribution in [0.5, 0.6) is 0 Å². The number of amides is 2. The van der Waals surface area contributed by atoms with E-state index in [0.717, 1.165) is 12.1 Å². The van der Waals surface area contributed by atoms with Gasteiger partial charge in [0.25, 0.3) is 0 Å². The summed E-state index contributed by atoms with van der Waals surface area (Å²) in [7, 11) is 0. The van der Waals surface area contributed by atoms with Gasteiger partial charge in [0, 0.05) is 29.2 Å². The Balaban J connectivity index is 1.73. The van der Waals surface area contributed by atoms with Crippen molar-refractivity contribution >= 4 is 11.7 Å². The SMILES string of the molecule is CC(C)(C)NC(=O)N(Cc1ccc(F)cc1F)C[C@@H]1CC(c2cccc(F)c2)=NO1. The Morgan fingerprint density at radius 2 is 1.90 bits per heavy atom. The lowest BCUT2D eigenvalue weighted by molar-refractivity contribution is 0.0578. The minimum atomic E-state index is -0.729. The molecule has 3 rings (SSSR count). The summed E-state index contributed by atoms with van der Waals surface area (Å²) in [5.74, 6) is -1.79. The highest BCUT2D eigenvalue weighted by Gasteiger charge is 2.29. The number of nitrogens with one attached hydrogen (secondary N) is 1. The summed E-state index contributed by atoms with van der Waals surface area (Å²) < 4.78 is 40.9. The van der Waals surface area contributed by atoms with Crippen LogP contribution in [0.3, 0.4) is 0 Å². The quantitative estimate of drug-likeness (QED) is 0.770. The molecule has 0 aromatic heterocycles. The Morgan fingerprint density at radius 3 is 2.57 bits per heavy atom. The number of halogens is 3. The van der Waals surface area contributed by atoms with E-state index in [9.17, 15) is 18.0 Å². The molecule has 30 heavy (non-hydrogen) atoms. The molecule has 1 atom stereocenters. The molecule has 0 saturated heterocycles.